The molecule has 0 unspecified atom stereocenters. The normalized spacial score (nSPS) is 12.0. The van der Waals surface area contributed by atoms with Crippen molar-refractivity contribution in [1.29, 1.82) is 0 Å². The lowest BCUT2D eigenvalue weighted by molar-refractivity contribution is 0.426. The molecule has 4 nitrogen and oxygen atoms in total. The van der Waals surface area contributed by atoms with Crippen LogP contribution in [0.25, 0.3) is 0 Å². The van der Waals surface area contributed by atoms with Crippen molar-refractivity contribution in [3.8, 4) is 0 Å². The van der Waals surface area contributed by atoms with E-state index in [2.05, 4.69) is 0 Å². The minimum atomic E-state index is -3.73. The molecule has 1 aromatic heterocycles. The number of anilines is 1. The lowest BCUT2D eigenvalue weighted by Gasteiger charge is -2.20. The van der Waals surface area contributed by atoms with Crippen molar-refractivity contribution in [1.82, 2.24) is 4.31 Å². The quantitative estimate of drug-likeness (QED) is 0.843. The van der Waals surface area contributed by atoms with E-state index in [1.807, 2.05) is 0 Å². The highest BCUT2D eigenvalue weighted by molar-refractivity contribution is 7.89. The molecular weight excluding hydrogens is 335 g/mol. The van der Waals surface area contributed by atoms with Crippen LogP contribution in [0.4, 0.5) is 10.1 Å². The summed E-state index contributed by atoms with van der Waals surface area (Å²) in [4.78, 5) is 0.811. The number of rotatable bonds is 5. The van der Waals surface area contributed by atoms with Gasteiger partial charge in [0.05, 0.1) is 14.9 Å². The van der Waals surface area contributed by atoms with Crippen LogP contribution in [0.15, 0.2) is 35.2 Å². The topological polar surface area (TPSA) is 63.4 Å². The predicted octanol–water partition coefficient (Wildman–Crippen LogP) is 3.33. The first-order valence-corrected chi connectivity index (χ1v) is 8.77. The first kappa shape index (κ1) is 16.2. The number of halogens is 2. The Balaban J connectivity index is 2.32. The summed E-state index contributed by atoms with van der Waals surface area (Å²) in [7, 11) is -3.73. The van der Waals surface area contributed by atoms with E-state index in [4.69, 9.17) is 17.3 Å². The van der Waals surface area contributed by atoms with Gasteiger partial charge >= 0.3 is 0 Å². The van der Waals surface area contributed by atoms with Gasteiger partial charge in [0.15, 0.2) is 0 Å². The second kappa shape index (κ2) is 6.31. The zero-order valence-corrected chi connectivity index (χ0v) is 13.6. The molecule has 8 heteroatoms. The second-order valence-electron chi connectivity index (χ2n) is 4.32. The van der Waals surface area contributed by atoms with Crippen LogP contribution in [0.1, 0.15) is 11.8 Å². The third-order valence-electron chi connectivity index (χ3n) is 2.92. The van der Waals surface area contributed by atoms with E-state index in [1.54, 1.807) is 19.1 Å². The lowest BCUT2D eigenvalue weighted by Crippen LogP contribution is -2.30. The van der Waals surface area contributed by atoms with Crippen LogP contribution in [0.3, 0.4) is 0 Å². The molecule has 0 aliphatic rings. The molecule has 21 heavy (non-hydrogen) atoms. The summed E-state index contributed by atoms with van der Waals surface area (Å²) in [5, 5.41) is 0. The van der Waals surface area contributed by atoms with Gasteiger partial charge in [0.25, 0.3) is 0 Å². The average molecular weight is 349 g/mol. The monoisotopic (exact) mass is 348 g/mol. The SMILES string of the molecule is CCN(Cc1ccc(Cl)s1)S(=O)(=O)c1ccc(F)c(N)c1. The molecule has 0 atom stereocenters. The van der Waals surface area contributed by atoms with Crippen LogP contribution in [-0.4, -0.2) is 19.3 Å². The largest absolute Gasteiger partial charge is 0.396 e. The highest BCUT2D eigenvalue weighted by Crippen LogP contribution is 2.26. The third-order valence-corrected chi connectivity index (χ3v) is 6.05. The van der Waals surface area contributed by atoms with E-state index < -0.39 is 15.8 Å². The summed E-state index contributed by atoms with van der Waals surface area (Å²) in [6.45, 7) is 2.24. The summed E-state index contributed by atoms with van der Waals surface area (Å²) >= 11 is 7.17. The van der Waals surface area contributed by atoms with Crippen molar-refractivity contribution in [2.75, 3.05) is 12.3 Å². The molecule has 1 heterocycles. The fourth-order valence-corrected chi connectivity index (χ4v) is 4.46. The van der Waals surface area contributed by atoms with Gasteiger partial charge < -0.3 is 5.73 Å². The average Bonchev–Trinajstić information content (AvgIpc) is 2.84. The van der Waals surface area contributed by atoms with E-state index in [-0.39, 0.29) is 23.7 Å². The van der Waals surface area contributed by atoms with Gasteiger partial charge in [-0.25, -0.2) is 12.8 Å². The van der Waals surface area contributed by atoms with Crippen molar-refractivity contribution in [3.63, 3.8) is 0 Å². The Kier molecular flexibility index (Phi) is 4.88. The van der Waals surface area contributed by atoms with Crippen molar-refractivity contribution in [2.24, 2.45) is 0 Å². The molecule has 0 aliphatic carbocycles. The molecular formula is C13H14ClFN2O2S2. The smallest absolute Gasteiger partial charge is 0.243 e. The minimum absolute atomic E-state index is 0.0223. The first-order chi connectivity index (χ1) is 9.84. The molecule has 0 radical (unpaired) electrons. The summed E-state index contributed by atoms with van der Waals surface area (Å²) in [5.74, 6) is -0.637. The van der Waals surface area contributed by atoms with Crippen LogP contribution < -0.4 is 5.73 Å². The molecule has 114 valence electrons. The van der Waals surface area contributed by atoms with E-state index >= 15 is 0 Å². The third kappa shape index (κ3) is 3.55. The van der Waals surface area contributed by atoms with Gasteiger partial charge in [0.1, 0.15) is 5.82 Å². The Morgan fingerprint density at radius 1 is 1.33 bits per heavy atom. The van der Waals surface area contributed by atoms with Gasteiger partial charge in [-0.15, -0.1) is 11.3 Å². The van der Waals surface area contributed by atoms with Crippen molar-refractivity contribution in [2.45, 2.75) is 18.4 Å². The van der Waals surface area contributed by atoms with E-state index in [9.17, 15) is 12.8 Å². The number of thiophene rings is 1. The molecule has 0 saturated carbocycles. The molecule has 0 aliphatic heterocycles. The van der Waals surface area contributed by atoms with E-state index in [0.29, 0.717) is 4.34 Å². The highest BCUT2D eigenvalue weighted by Gasteiger charge is 2.24. The van der Waals surface area contributed by atoms with Gasteiger partial charge in [-0.1, -0.05) is 18.5 Å². The van der Waals surface area contributed by atoms with Crippen LogP contribution >= 0.6 is 22.9 Å². The maximum Gasteiger partial charge on any atom is 0.243 e. The molecule has 0 saturated heterocycles. The summed E-state index contributed by atoms with van der Waals surface area (Å²) < 4.78 is 40.2. The summed E-state index contributed by atoms with van der Waals surface area (Å²) in [6, 6.07) is 6.90. The maximum absolute atomic E-state index is 13.2. The summed E-state index contributed by atoms with van der Waals surface area (Å²) in [6.07, 6.45) is 0. The zero-order valence-electron chi connectivity index (χ0n) is 11.2. The van der Waals surface area contributed by atoms with E-state index in [0.717, 1.165) is 17.0 Å². The van der Waals surface area contributed by atoms with Gasteiger partial charge in [0, 0.05) is 18.0 Å². The van der Waals surface area contributed by atoms with Crippen LogP contribution in [0.2, 0.25) is 4.34 Å². The minimum Gasteiger partial charge on any atom is -0.396 e. The molecule has 2 rings (SSSR count). The number of sulfonamides is 1. The van der Waals surface area contributed by atoms with Gasteiger partial charge in [-0.05, 0) is 30.3 Å². The predicted molar refractivity (Wildman–Crippen MR) is 83.4 cm³/mol. The van der Waals surface area contributed by atoms with E-state index in [1.165, 1.54) is 21.7 Å². The standard InChI is InChI=1S/C13H14ClFN2O2S2/c1-2-17(8-9-3-6-13(14)20-9)21(18,19)10-4-5-11(15)12(16)7-10/h3-7H,2,8,16H2,1H3. The number of nitrogens with zero attached hydrogens (tertiary/aromatic N) is 1. The fourth-order valence-electron chi connectivity index (χ4n) is 1.81. The number of nitrogens with two attached hydrogens (primary N) is 1. The van der Waals surface area contributed by atoms with Gasteiger partial charge in [-0.3, -0.25) is 0 Å². The molecule has 0 amide bonds. The number of hydrogen-bond donors (Lipinski definition) is 1. The van der Waals surface area contributed by atoms with Crippen LogP contribution in [0.5, 0.6) is 0 Å². The molecule has 1 aromatic carbocycles. The molecule has 0 spiro atoms. The Labute approximate surface area is 132 Å². The maximum atomic E-state index is 13.2. The summed E-state index contributed by atoms with van der Waals surface area (Å²) in [5.41, 5.74) is 5.25. The molecule has 2 N–H and O–H groups in total. The van der Waals surface area contributed by atoms with Crippen molar-refractivity contribution >= 4 is 38.6 Å². The lowest BCUT2D eigenvalue weighted by atomic mass is 10.3. The van der Waals surface area contributed by atoms with Gasteiger partial charge in [-0.2, -0.15) is 4.31 Å². The number of hydrogen-bond acceptors (Lipinski definition) is 4. The van der Waals surface area contributed by atoms with Crippen molar-refractivity contribution < 1.29 is 12.8 Å². The molecule has 0 fully saturated rings. The van der Waals surface area contributed by atoms with Gasteiger partial charge in [0.2, 0.25) is 10.0 Å². The Hall–Kier alpha value is -1.15. The Bertz CT molecular complexity index is 746. The fraction of sp³-hybridized carbons (Fsp3) is 0.231. The molecule has 0 bridgehead atoms. The number of nitrogen functional groups attached to an aromatic ring is 1. The Morgan fingerprint density at radius 2 is 2.05 bits per heavy atom. The molecule has 2 aromatic rings. The van der Waals surface area contributed by atoms with Crippen LogP contribution in [0, 0.1) is 5.82 Å². The second-order valence-corrected chi connectivity index (χ2v) is 8.06. The van der Waals surface area contributed by atoms with Crippen LogP contribution in [-0.2, 0) is 16.6 Å². The zero-order chi connectivity index (χ0) is 15.6. The Morgan fingerprint density at radius 3 is 2.57 bits per heavy atom. The highest BCUT2D eigenvalue weighted by atomic mass is 35.5. The number of benzene rings is 1. The van der Waals surface area contributed by atoms with Crippen molar-refractivity contribution in [3.05, 3.63) is 45.4 Å². The first-order valence-electron chi connectivity index (χ1n) is 6.14.